The summed E-state index contributed by atoms with van der Waals surface area (Å²) in [6.07, 6.45) is 3.64. The Kier molecular flexibility index (Phi) is 4.81. The second kappa shape index (κ2) is 8.14. The average Bonchev–Trinajstić information content (AvgIpc) is 3.49. The second-order valence-corrected chi connectivity index (χ2v) is 10.2. The van der Waals surface area contributed by atoms with Crippen molar-refractivity contribution in [2.75, 3.05) is 16.0 Å². The van der Waals surface area contributed by atoms with Gasteiger partial charge in [-0.2, -0.15) is 0 Å². The van der Waals surface area contributed by atoms with Crippen molar-refractivity contribution in [2.24, 2.45) is 0 Å². The Balaban J connectivity index is 1.15. The molecule has 3 amide bonds. The minimum Gasteiger partial charge on any atom is -0.325 e. The van der Waals surface area contributed by atoms with E-state index in [0.29, 0.717) is 60.5 Å². The fourth-order valence-electron chi connectivity index (χ4n) is 6.14. The van der Waals surface area contributed by atoms with E-state index in [4.69, 9.17) is 0 Å². The van der Waals surface area contributed by atoms with Crippen molar-refractivity contribution in [3.63, 3.8) is 0 Å². The van der Waals surface area contributed by atoms with Crippen molar-refractivity contribution in [1.82, 2.24) is 14.1 Å². The van der Waals surface area contributed by atoms with Gasteiger partial charge in [0, 0.05) is 30.4 Å². The van der Waals surface area contributed by atoms with Gasteiger partial charge < -0.3 is 16.0 Å². The van der Waals surface area contributed by atoms with Crippen molar-refractivity contribution in [1.29, 1.82) is 0 Å². The molecule has 1 aliphatic carbocycles. The van der Waals surface area contributed by atoms with Gasteiger partial charge in [-0.3, -0.25) is 23.5 Å². The number of aromatic nitrogens is 3. The number of benzene rings is 2. The number of aryl methyl sites for hydroxylation is 1. The highest BCUT2D eigenvalue weighted by Gasteiger charge is 2.51. The van der Waals surface area contributed by atoms with Crippen LogP contribution in [0.5, 0.6) is 0 Å². The minimum atomic E-state index is -0.680. The van der Waals surface area contributed by atoms with E-state index in [1.807, 2.05) is 30.3 Å². The summed E-state index contributed by atoms with van der Waals surface area (Å²) in [6, 6.07) is 14.8. The Morgan fingerprint density at radius 2 is 1.89 bits per heavy atom. The smallest absolute Gasteiger partial charge is 0.325 e. The molecule has 7 rings (SSSR count). The fourth-order valence-corrected chi connectivity index (χ4v) is 6.14. The number of hydrogen-bond donors (Lipinski definition) is 3. The van der Waals surface area contributed by atoms with Crippen LogP contribution in [0.3, 0.4) is 0 Å². The summed E-state index contributed by atoms with van der Waals surface area (Å²) in [5, 5.41) is 8.70. The van der Waals surface area contributed by atoms with E-state index in [1.165, 1.54) is 4.57 Å². The molecule has 2 aliphatic heterocycles. The number of carbonyl (C=O) groups is 3. The van der Waals surface area contributed by atoms with E-state index in [9.17, 15) is 19.2 Å². The Labute approximate surface area is 216 Å². The van der Waals surface area contributed by atoms with Crippen molar-refractivity contribution in [2.45, 2.75) is 44.2 Å². The molecule has 1 spiro atoms. The summed E-state index contributed by atoms with van der Waals surface area (Å²) in [4.78, 5) is 55.7. The van der Waals surface area contributed by atoms with Gasteiger partial charge in [-0.1, -0.05) is 18.2 Å². The number of carbonyl (C=O) groups excluding carboxylic acids is 3. The van der Waals surface area contributed by atoms with Gasteiger partial charge in [-0.05, 0) is 60.7 Å². The maximum atomic E-state index is 13.3. The molecule has 190 valence electrons. The van der Waals surface area contributed by atoms with Gasteiger partial charge in [0.2, 0.25) is 17.7 Å². The number of fused-ring (bicyclic) bond motifs is 3. The number of nitrogens with one attached hydrogen (secondary N) is 3. The molecule has 10 heteroatoms. The molecule has 38 heavy (non-hydrogen) atoms. The van der Waals surface area contributed by atoms with Crippen LogP contribution >= 0.6 is 0 Å². The van der Waals surface area contributed by atoms with Gasteiger partial charge in [0.05, 0.1) is 22.1 Å². The topological polar surface area (TPSA) is 127 Å². The van der Waals surface area contributed by atoms with Crippen molar-refractivity contribution in [3.05, 3.63) is 81.9 Å². The predicted octanol–water partition coefficient (Wildman–Crippen LogP) is 2.56. The highest BCUT2D eigenvalue weighted by Crippen LogP contribution is 2.46. The average molecular weight is 509 g/mol. The molecule has 10 nitrogen and oxygen atoms in total. The quantitative estimate of drug-likeness (QED) is 0.392. The van der Waals surface area contributed by atoms with Crippen LogP contribution in [0.15, 0.2) is 59.5 Å². The number of pyridine rings is 1. The first-order valence-corrected chi connectivity index (χ1v) is 12.6. The van der Waals surface area contributed by atoms with Crippen LogP contribution in [-0.2, 0) is 45.7 Å². The van der Waals surface area contributed by atoms with Crippen LogP contribution < -0.4 is 21.6 Å². The standard InChI is InChI=1S/C28H24N6O4/c35-22-7-3-11-33-24-20(31-22)5-1-6-21(24)34(27(33)38)15-23(36)30-18-9-8-16-13-28(14-17(16)12-18)19-4-2-10-29-25(19)32-26(28)37/h1-2,4-6,8-10,12H,3,7,11,13-15H2,(H,30,36)(H,31,35)(H,29,32,37). The Morgan fingerprint density at radius 3 is 2.79 bits per heavy atom. The highest BCUT2D eigenvalue weighted by molar-refractivity contribution is 6.06. The molecule has 2 aromatic heterocycles. The molecular weight excluding hydrogens is 484 g/mol. The number of para-hydroxylation sites is 1. The Morgan fingerprint density at radius 1 is 1.03 bits per heavy atom. The maximum absolute atomic E-state index is 13.3. The lowest BCUT2D eigenvalue weighted by Crippen LogP contribution is -2.35. The summed E-state index contributed by atoms with van der Waals surface area (Å²) in [5.41, 5.74) is 4.42. The highest BCUT2D eigenvalue weighted by atomic mass is 16.2. The number of rotatable bonds is 3. The second-order valence-electron chi connectivity index (χ2n) is 10.2. The summed E-state index contributed by atoms with van der Waals surface area (Å²) in [6.45, 7) is 0.245. The van der Waals surface area contributed by atoms with Gasteiger partial charge in [-0.25, -0.2) is 9.78 Å². The predicted molar refractivity (Wildman–Crippen MR) is 141 cm³/mol. The Hall–Kier alpha value is -4.73. The summed E-state index contributed by atoms with van der Waals surface area (Å²) in [5.74, 6) is 0.135. The van der Waals surface area contributed by atoms with Gasteiger partial charge in [-0.15, -0.1) is 0 Å². The lowest BCUT2D eigenvalue weighted by Gasteiger charge is -2.20. The van der Waals surface area contributed by atoms with Crippen LogP contribution in [-0.4, -0.2) is 31.8 Å². The summed E-state index contributed by atoms with van der Waals surface area (Å²) >= 11 is 0. The number of imidazole rings is 1. The summed E-state index contributed by atoms with van der Waals surface area (Å²) < 4.78 is 3.08. The lowest BCUT2D eigenvalue weighted by molar-refractivity contribution is -0.120. The molecule has 2 aromatic carbocycles. The molecule has 0 bridgehead atoms. The van der Waals surface area contributed by atoms with E-state index in [-0.39, 0.29) is 30.0 Å². The van der Waals surface area contributed by atoms with E-state index in [0.717, 1.165) is 16.7 Å². The number of amides is 3. The van der Waals surface area contributed by atoms with Crippen molar-refractivity contribution >= 4 is 45.9 Å². The van der Waals surface area contributed by atoms with E-state index in [1.54, 1.807) is 29.0 Å². The van der Waals surface area contributed by atoms with Crippen LogP contribution in [0.2, 0.25) is 0 Å². The largest absolute Gasteiger partial charge is 0.329 e. The number of hydrogen-bond acceptors (Lipinski definition) is 5. The molecular formula is C28H24N6O4. The molecule has 0 saturated carbocycles. The molecule has 0 fully saturated rings. The monoisotopic (exact) mass is 508 g/mol. The number of anilines is 3. The molecule has 1 atom stereocenters. The van der Waals surface area contributed by atoms with Crippen LogP contribution in [0.4, 0.5) is 17.2 Å². The Bertz CT molecular complexity index is 1750. The van der Waals surface area contributed by atoms with Crippen LogP contribution in [0.25, 0.3) is 11.0 Å². The van der Waals surface area contributed by atoms with Gasteiger partial charge in [0.15, 0.2) is 0 Å². The third-order valence-corrected chi connectivity index (χ3v) is 7.86. The normalized spacial score (nSPS) is 19.5. The van der Waals surface area contributed by atoms with Gasteiger partial charge in [0.1, 0.15) is 12.4 Å². The molecule has 4 aromatic rings. The molecule has 0 radical (unpaired) electrons. The third kappa shape index (κ3) is 3.29. The van der Waals surface area contributed by atoms with Crippen molar-refractivity contribution in [3.8, 4) is 0 Å². The van der Waals surface area contributed by atoms with E-state index in [2.05, 4.69) is 20.9 Å². The zero-order valence-electron chi connectivity index (χ0n) is 20.4. The fraction of sp³-hybridized carbons (Fsp3) is 0.250. The molecule has 1 unspecified atom stereocenters. The maximum Gasteiger partial charge on any atom is 0.329 e. The zero-order valence-corrected chi connectivity index (χ0v) is 20.4. The third-order valence-electron chi connectivity index (χ3n) is 7.86. The first kappa shape index (κ1) is 22.5. The molecule has 0 saturated heterocycles. The van der Waals surface area contributed by atoms with E-state index < -0.39 is 5.41 Å². The lowest BCUT2D eigenvalue weighted by atomic mass is 9.79. The SMILES string of the molecule is O=C(Cn1c(=O)n2c3c(cccc31)NC(=O)CCC2)Nc1ccc2c(c1)CC1(C2)C(=O)Nc2ncccc21. The molecule has 3 aliphatic rings. The van der Waals surface area contributed by atoms with Crippen molar-refractivity contribution < 1.29 is 14.4 Å². The summed E-state index contributed by atoms with van der Waals surface area (Å²) in [7, 11) is 0. The van der Waals surface area contributed by atoms with Gasteiger partial charge in [0.25, 0.3) is 0 Å². The number of nitrogens with zero attached hydrogens (tertiary/aromatic N) is 3. The molecule has 4 heterocycles. The minimum absolute atomic E-state index is 0.0525. The van der Waals surface area contributed by atoms with E-state index >= 15 is 0 Å². The first-order valence-electron chi connectivity index (χ1n) is 12.6. The molecule has 3 N–H and O–H groups in total. The van der Waals surface area contributed by atoms with Crippen LogP contribution in [0.1, 0.15) is 29.5 Å². The van der Waals surface area contributed by atoms with Gasteiger partial charge >= 0.3 is 5.69 Å². The first-order chi connectivity index (χ1) is 18.4. The van der Waals surface area contributed by atoms with Crippen LogP contribution in [0, 0.1) is 0 Å². The zero-order chi connectivity index (χ0) is 26.0.